The summed E-state index contributed by atoms with van der Waals surface area (Å²) in [4.78, 5) is 76.7. The van der Waals surface area contributed by atoms with Gasteiger partial charge in [0.15, 0.2) is 16.0 Å². The van der Waals surface area contributed by atoms with Crippen molar-refractivity contribution in [1.29, 1.82) is 0 Å². The summed E-state index contributed by atoms with van der Waals surface area (Å²) in [6.07, 6.45) is 0.298. The summed E-state index contributed by atoms with van der Waals surface area (Å²) >= 11 is 3.36. The van der Waals surface area contributed by atoms with Gasteiger partial charge in [0.25, 0.3) is 11.8 Å². The molecule has 2 amide bonds. The fourth-order valence-corrected chi connectivity index (χ4v) is 7.17. The lowest BCUT2D eigenvalue weighted by molar-refractivity contribution is -0.150. The van der Waals surface area contributed by atoms with Gasteiger partial charge in [0.05, 0.1) is 6.42 Å². The van der Waals surface area contributed by atoms with Gasteiger partial charge < -0.3 is 41.8 Å². The van der Waals surface area contributed by atoms with E-state index in [1.54, 1.807) is 6.08 Å². The molecular formula is C23H26N8O9S3. The van der Waals surface area contributed by atoms with E-state index in [9.17, 15) is 34.2 Å². The average molecular weight is 655 g/mol. The van der Waals surface area contributed by atoms with E-state index in [2.05, 4.69) is 20.4 Å². The molecule has 0 bridgehead atoms. The van der Waals surface area contributed by atoms with Crippen LogP contribution in [-0.4, -0.2) is 113 Å². The van der Waals surface area contributed by atoms with Crippen molar-refractivity contribution < 1.29 is 44.1 Å². The first-order chi connectivity index (χ1) is 20.3. The van der Waals surface area contributed by atoms with Gasteiger partial charge in [-0.3, -0.25) is 24.1 Å². The topological polar surface area (TPSA) is 263 Å². The summed E-state index contributed by atoms with van der Waals surface area (Å²) in [6, 6.07) is -1.10. The monoisotopic (exact) mass is 654 g/mol. The highest BCUT2D eigenvalue weighted by Gasteiger charge is 2.54. The second-order valence-corrected chi connectivity index (χ2v) is 12.2. The van der Waals surface area contributed by atoms with Crippen molar-refractivity contribution in [3.8, 4) is 0 Å². The largest absolute Gasteiger partial charge is 0.481 e. The van der Waals surface area contributed by atoms with E-state index in [4.69, 9.17) is 21.4 Å². The Bertz CT molecular complexity index is 1470. The molecule has 0 radical (unpaired) electrons. The fourth-order valence-electron chi connectivity index (χ4n) is 4.11. The maximum Gasteiger partial charge on any atom is 0.352 e. The lowest BCUT2D eigenvalue weighted by Crippen LogP contribution is -2.71. The molecule has 4 rings (SSSR count). The molecule has 4 heterocycles. The number of nitrogen functional groups attached to an aromatic ring is 1. The van der Waals surface area contributed by atoms with Crippen LogP contribution >= 0.6 is 34.9 Å². The first kappa shape index (κ1) is 31.6. The number of amides is 2. The third kappa shape index (κ3) is 7.38. The van der Waals surface area contributed by atoms with Crippen molar-refractivity contribution >= 4 is 80.6 Å². The number of rotatable bonds is 12. The smallest absolute Gasteiger partial charge is 0.352 e. The van der Waals surface area contributed by atoms with Crippen LogP contribution in [0.15, 0.2) is 38.7 Å². The molecule has 0 aliphatic carbocycles. The third-order valence-corrected chi connectivity index (χ3v) is 9.13. The van der Waals surface area contributed by atoms with Gasteiger partial charge in [0, 0.05) is 23.4 Å². The zero-order valence-electron chi connectivity index (χ0n) is 22.3. The SMILES string of the molecule is CC(CC(=O)O)O/N=C(\C(=O)NC1C(=O)N2C(C(=O)O)=C(CSC3=NC(N)=CCN3CC(=O)O)CS[C@@H]12)c1csc(N)n1. The van der Waals surface area contributed by atoms with Crippen LogP contribution < -0.4 is 16.8 Å². The van der Waals surface area contributed by atoms with Crippen molar-refractivity contribution in [2.75, 3.05) is 30.3 Å². The summed E-state index contributed by atoms with van der Waals surface area (Å²) in [5, 5.41) is 35.6. The number of amidine groups is 1. The highest BCUT2D eigenvalue weighted by atomic mass is 32.2. The number of aliphatic imine (C=N–C) groups is 1. The Morgan fingerprint density at radius 3 is 2.63 bits per heavy atom. The summed E-state index contributed by atoms with van der Waals surface area (Å²) in [7, 11) is 0. The molecule has 3 aliphatic rings. The number of carboxylic acid groups (broad SMARTS) is 3. The standard InChI is InChI=1S/C23H26N8O9S3/c1-9(4-13(32)33)40-29-15(11-8-42-22(25)26-11)18(36)28-16-19(37)31-17(21(38)39)10(6-41-20(16)31)7-43-23-27-12(24)2-3-30(23)5-14(34)35/h2,8-9,16,20H,3-7,24H2,1H3,(H2,25,26)(H,28,36)(H,32,33)(H,34,35)(H,38,39)/b29-15-/t9?,16?,20-/m0/s1. The summed E-state index contributed by atoms with van der Waals surface area (Å²) in [6.45, 7) is 1.34. The van der Waals surface area contributed by atoms with Gasteiger partial charge in [-0.25, -0.2) is 14.8 Å². The molecular weight excluding hydrogens is 629 g/mol. The van der Waals surface area contributed by atoms with E-state index in [1.165, 1.54) is 29.0 Å². The Morgan fingerprint density at radius 1 is 1.26 bits per heavy atom. The van der Waals surface area contributed by atoms with Crippen LogP contribution in [0, 0.1) is 0 Å². The summed E-state index contributed by atoms with van der Waals surface area (Å²) < 4.78 is 0. The molecule has 1 aromatic heterocycles. The minimum atomic E-state index is -1.34. The van der Waals surface area contributed by atoms with Crippen molar-refractivity contribution in [2.45, 2.75) is 30.9 Å². The zero-order chi connectivity index (χ0) is 31.4. The quantitative estimate of drug-likeness (QED) is 0.0928. The second kappa shape index (κ2) is 13.3. The van der Waals surface area contributed by atoms with Crippen LogP contribution in [0.25, 0.3) is 0 Å². The number of fused-ring (bicyclic) bond motifs is 1. The molecule has 0 spiro atoms. The Kier molecular flexibility index (Phi) is 9.81. The van der Waals surface area contributed by atoms with Gasteiger partial charge in [-0.15, -0.1) is 23.1 Å². The van der Waals surface area contributed by atoms with Crippen molar-refractivity contribution in [1.82, 2.24) is 20.1 Å². The van der Waals surface area contributed by atoms with Crippen molar-refractivity contribution in [3.63, 3.8) is 0 Å². The summed E-state index contributed by atoms with van der Waals surface area (Å²) in [5.41, 5.74) is 11.3. The minimum absolute atomic E-state index is 0.0472. The predicted octanol–water partition coefficient (Wildman–Crippen LogP) is -0.663. The van der Waals surface area contributed by atoms with E-state index in [0.717, 1.165) is 28.0 Å². The van der Waals surface area contributed by atoms with Crippen molar-refractivity contribution in [2.24, 2.45) is 15.9 Å². The Morgan fingerprint density at radius 2 is 2.00 bits per heavy atom. The normalized spacial score (nSPS) is 20.9. The molecule has 0 aromatic carbocycles. The van der Waals surface area contributed by atoms with E-state index >= 15 is 0 Å². The number of thiazole rings is 1. The van der Waals surface area contributed by atoms with Crippen LogP contribution in [0.2, 0.25) is 0 Å². The van der Waals surface area contributed by atoms with Gasteiger partial charge in [-0.1, -0.05) is 16.9 Å². The van der Waals surface area contributed by atoms with Gasteiger partial charge in [0.2, 0.25) is 0 Å². The number of carbonyl (C=O) groups excluding carboxylic acids is 2. The first-order valence-corrected chi connectivity index (χ1v) is 15.3. The predicted molar refractivity (Wildman–Crippen MR) is 157 cm³/mol. The van der Waals surface area contributed by atoms with Gasteiger partial charge >= 0.3 is 17.9 Å². The van der Waals surface area contributed by atoms with Crippen LogP contribution in [-0.2, 0) is 28.8 Å². The molecule has 43 heavy (non-hydrogen) atoms. The van der Waals surface area contributed by atoms with E-state index in [-0.39, 0.29) is 59.1 Å². The van der Waals surface area contributed by atoms with Crippen LogP contribution in [0.5, 0.6) is 0 Å². The van der Waals surface area contributed by atoms with Gasteiger partial charge in [-0.2, -0.15) is 0 Å². The fraction of sp³-hybridized carbons (Fsp3) is 0.391. The molecule has 3 aliphatic heterocycles. The first-order valence-electron chi connectivity index (χ1n) is 12.4. The molecule has 3 atom stereocenters. The van der Waals surface area contributed by atoms with Crippen molar-refractivity contribution in [3.05, 3.63) is 34.2 Å². The van der Waals surface area contributed by atoms with Crippen LogP contribution in [0.1, 0.15) is 19.0 Å². The van der Waals surface area contributed by atoms with Crippen LogP contribution in [0.4, 0.5) is 5.13 Å². The molecule has 230 valence electrons. The number of hydrogen-bond acceptors (Lipinski definition) is 15. The number of thioether (sulfide) groups is 2. The Hall–Kier alpha value is -4.30. The number of nitrogens with zero attached hydrogens (tertiary/aromatic N) is 5. The number of nitrogens with one attached hydrogen (secondary N) is 1. The van der Waals surface area contributed by atoms with Gasteiger partial charge in [0.1, 0.15) is 41.3 Å². The molecule has 1 saturated heterocycles. The second-order valence-electron chi connectivity index (χ2n) is 9.23. The highest BCUT2D eigenvalue weighted by Crippen LogP contribution is 2.41. The average Bonchev–Trinajstić information content (AvgIpc) is 3.36. The highest BCUT2D eigenvalue weighted by molar-refractivity contribution is 8.14. The molecule has 0 saturated carbocycles. The third-order valence-electron chi connectivity index (χ3n) is 6.02. The van der Waals surface area contributed by atoms with E-state index in [0.29, 0.717) is 10.7 Å². The lowest BCUT2D eigenvalue weighted by atomic mass is 10.0. The lowest BCUT2D eigenvalue weighted by Gasteiger charge is -2.49. The number of nitrogens with two attached hydrogens (primary N) is 2. The molecule has 17 nitrogen and oxygen atoms in total. The maximum atomic E-state index is 13.2. The zero-order valence-corrected chi connectivity index (χ0v) is 24.8. The molecule has 8 N–H and O–H groups in total. The number of carbonyl (C=O) groups is 5. The number of aliphatic carboxylic acids is 3. The number of β-lactam (4-membered cyclic amide) rings is 1. The molecule has 1 aromatic rings. The number of carboxylic acids is 3. The Labute approximate surface area is 255 Å². The van der Waals surface area contributed by atoms with E-state index < -0.39 is 47.2 Å². The minimum Gasteiger partial charge on any atom is -0.481 e. The number of oxime groups is 1. The molecule has 1 fully saturated rings. The molecule has 2 unspecified atom stereocenters. The number of aromatic nitrogens is 1. The van der Waals surface area contributed by atoms with E-state index in [1.807, 2.05) is 0 Å². The Balaban J connectivity index is 1.49. The number of hydrogen-bond donors (Lipinski definition) is 6. The number of anilines is 1. The van der Waals surface area contributed by atoms with Crippen LogP contribution in [0.3, 0.4) is 0 Å². The molecule has 20 heteroatoms. The summed E-state index contributed by atoms with van der Waals surface area (Å²) in [5.74, 6) is -4.57. The van der Waals surface area contributed by atoms with Gasteiger partial charge in [-0.05, 0) is 18.6 Å². The maximum absolute atomic E-state index is 13.2.